The highest BCUT2D eigenvalue weighted by atomic mass is 19.2. The third kappa shape index (κ3) is 7.40. The topological polar surface area (TPSA) is 76.7 Å². The summed E-state index contributed by atoms with van der Waals surface area (Å²) in [6.45, 7) is 7.51. The lowest BCUT2D eigenvalue weighted by atomic mass is 9.88. The van der Waals surface area contributed by atoms with Crippen LogP contribution in [0, 0.1) is 11.6 Å². The van der Waals surface area contributed by atoms with Gasteiger partial charge in [0, 0.05) is 36.9 Å². The van der Waals surface area contributed by atoms with Gasteiger partial charge in [-0.2, -0.15) is 0 Å². The number of hydrogen-bond acceptors (Lipinski definition) is 5. The van der Waals surface area contributed by atoms with Crippen LogP contribution < -0.4 is 10.6 Å². The SMILES string of the molecule is CCCOCCOCCC(C)c1ccc(F)c(F)c1C(=O)c1ccc(C(=O)N[C@H]2CCNC2)cc1. The molecule has 1 unspecified atom stereocenters. The Morgan fingerprint density at radius 1 is 1.03 bits per heavy atom. The molecule has 1 heterocycles. The number of halogens is 2. The molecule has 8 heteroatoms. The van der Waals surface area contributed by atoms with Crippen molar-refractivity contribution in [2.45, 2.75) is 45.1 Å². The maximum atomic E-state index is 14.8. The van der Waals surface area contributed by atoms with Crippen molar-refractivity contribution in [3.8, 4) is 0 Å². The summed E-state index contributed by atoms with van der Waals surface area (Å²) < 4.78 is 39.9. The van der Waals surface area contributed by atoms with Crippen molar-refractivity contribution in [3.05, 3.63) is 70.3 Å². The molecular formula is C27H34F2N2O4. The van der Waals surface area contributed by atoms with Crippen LogP contribution in [0.3, 0.4) is 0 Å². The minimum Gasteiger partial charge on any atom is -0.379 e. The molecule has 0 bridgehead atoms. The summed E-state index contributed by atoms with van der Waals surface area (Å²) in [6, 6.07) is 8.58. The summed E-state index contributed by atoms with van der Waals surface area (Å²) in [4.78, 5) is 25.7. The first-order chi connectivity index (χ1) is 16.9. The first-order valence-electron chi connectivity index (χ1n) is 12.2. The first kappa shape index (κ1) is 26.9. The lowest BCUT2D eigenvalue weighted by Gasteiger charge is -2.17. The molecule has 0 saturated carbocycles. The molecule has 35 heavy (non-hydrogen) atoms. The molecule has 0 radical (unpaired) electrons. The van der Waals surface area contributed by atoms with Gasteiger partial charge in [-0.1, -0.05) is 32.0 Å². The third-order valence-electron chi connectivity index (χ3n) is 6.11. The van der Waals surface area contributed by atoms with E-state index in [1.807, 2.05) is 13.8 Å². The van der Waals surface area contributed by atoms with Gasteiger partial charge in [-0.25, -0.2) is 8.78 Å². The molecule has 2 N–H and O–H groups in total. The number of hydrogen-bond donors (Lipinski definition) is 2. The highest BCUT2D eigenvalue weighted by Gasteiger charge is 2.25. The second-order valence-corrected chi connectivity index (χ2v) is 8.81. The number of ether oxygens (including phenoxy) is 2. The van der Waals surface area contributed by atoms with Gasteiger partial charge >= 0.3 is 0 Å². The van der Waals surface area contributed by atoms with Crippen LogP contribution in [0.4, 0.5) is 8.78 Å². The van der Waals surface area contributed by atoms with E-state index in [0.717, 1.165) is 32.0 Å². The maximum absolute atomic E-state index is 14.8. The van der Waals surface area contributed by atoms with Gasteiger partial charge in [-0.3, -0.25) is 9.59 Å². The Labute approximate surface area is 205 Å². The number of carbonyl (C=O) groups is 2. The fourth-order valence-electron chi connectivity index (χ4n) is 4.05. The van der Waals surface area contributed by atoms with Crippen molar-refractivity contribution < 1.29 is 27.8 Å². The van der Waals surface area contributed by atoms with E-state index in [2.05, 4.69) is 10.6 Å². The summed E-state index contributed by atoms with van der Waals surface area (Å²) in [5.74, 6) is -3.32. The Bertz CT molecular complexity index is 991. The predicted molar refractivity (Wildman–Crippen MR) is 130 cm³/mol. The standard InChI is InChI=1S/C27H34F2N2O4/c1-3-13-34-15-16-35-14-11-18(2)22-8-9-23(28)25(29)24(22)26(32)19-4-6-20(7-5-19)27(33)31-21-10-12-30-17-21/h4-9,18,21,30H,3,10-17H2,1-2H3,(H,31,33)/t18?,21-/m0/s1. The molecule has 190 valence electrons. The number of rotatable bonds is 13. The van der Waals surface area contributed by atoms with E-state index in [9.17, 15) is 18.4 Å². The number of carbonyl (C=O) groups excluding carboxylic acids is 2. The molecule has 1 saturated heterocycles. The summed E-state index contributed by atoms with van der Waals surface area (Å²) in [6.07, 6.45) is 2.34. The van der Waals surface area contributed by atoms with Crippen molar-refractivity contribution in [1.29, 1.82) is 0 Å². The maximum Gasteiger partial charge on any atom is 0.251 e. The van der Waals surface area contributed by atoms with Gasteiger partial charge < -0.3 is 20.1 Å². The lowest BCUT2D eigenvalue weighted by Crippen LogP contribution is -2.36. The van der Waals surface area contributed by atoms with Gasteiger partial charge in [-0.05, 0) is 55.5 Å². The van der Waals surface area contributed by atoms with Gasteiger partial charge in [-0.15, -0.1) is 0 Å². The van der Waals surface area contributed by atoms with Crippen molar-refractivity contribution in [2.75, 3.05) is 39.5 Å². The van der Waals surface area contributed by atoms with Gasteiger partial charge in [0.15, 0.2) is 17.4 Å². The smallest absolute Gasteiger partial charge is 0.251 e. The average molecular weight is 489 g/mol. The summed E-state index contributed by atoms with van der Waals surface area (Å²) >= 11 is 0. The van der Waals surface area contributed by atoms with Gasteiger partial charge in [0.05, 0.1) is 18.8 Å². The number of amides is 1. The molecule has 3 rings (SSSR count). The molecule has 6 nitrogen and oxygen atoms in total. The molecule has 1 amide bonds. The normalized spacial score (nSPS) is 16.3. The fourth-order valence-corrected chi connectivity index (χ4v) is 4.05. The zero-order chi connectivity index (χ0) is 25.2. The second kappa shape index (κ2) is 13.4. The Kier molecular flexibility index (Phi) is 10.3. The van der Waals surface area contributed by atoms with Crippen molar-refractivity contribution in [2.24, 2.45) is 0 Å². The Hall–Kier alpha value is -2.68. The van der Waals surface area contributed by atoms with Crippen molar-refractivity contribution in [1.82, 2.24) is 10.6 Å². The largest absolute Gasteiger partial charge is 0.379 e. The van der Waals surface area contributed by atoms with E-state index >= 15 is 0 Å². The molecule has 1 aliphatic rings. The van der Waals surface area contributed by atoms with Crippen LogP contribution in [-0.4, -0.2) is 57.2 Å². The van der Waals surface area contributed by atoms with E-state index in [1.165, 1.54) is 30.3 Å². The minimum absolute atomic E-state index is 0.0714. The molecule has 2 atom stereocenters. The van der Waals surface area contributed by atoms with Crippen LogP contribution in [0.1, 0.15) is 70.9 Å². The van der Waals surface area contributed by atoms with Crippen LogP contribution >= 0.6 is 0 Å². The zero-order valence-electron chi connectivity index (χ0n) is 20.4. The average Bonchev–Trinajstić information content (AvgIpc) is 3.37. The minimum atomic E-state index is -1.16. The fraction of sp³-hybridized carbons (Fsp3) is 0.481. The van der Waals surface area contributed by atoms with Gasteiger partial charge in [0.25, 0.3) is 5.91 Å². The molecule has 2 aromatic carbocycles. The molecule has 1 aliphatic heterocycles. The van der Waals surface area contributed by atoms with Crippen molar-refractivity contribution in [3.63, 3.8) is 0 Å². The molecular weight excluding hydrogens is 454 g/mol. The zero-order valence-corrected chi connectivity index (χ0v) is 20.4. The van der Waals surface area contributed by atoms with E-state index in [-0.39, 0.29) is 29.0 Å². The Balaban J connectivity index is 1.68. The van der Waals surface area contributed by atoms with Crippen LogP contribution in [0.5, 0.6) is 0 Å². The monoisotopic (exact) mass is 488 g/mol. The van der Waals surface area contributed by atoms with E-state index in [1.54, 1.807) is 0 Å². The summed E-state index contributed by atoms with van der Waals surface area (Å²) in [5.41, 5.74) is 0.737. The molecule has 2 aromatic rings. The predicted octanol–water partition coefficient (Wildman–Crippen LogP) is 4.22. The first-order valence-corrected chi connectivity index (χ1v) is 12.2. The Morgan fingerprint density at radius 3 is 2.37 bits per heavy atom. The Morgan fingerprint density at radius 2 is 1.71 bits per heavy atom. The van der Waals surface area contributed by atoms with E-state index in [4.69, 9.17) is 9.47 Å². The molecule has 0 aliphatic carbocycles. The van der Waals surface area contributed by atoms with Gasteiger partial charge in [0.2, 0.25) is 0 Å². The van der Waals surface area contributed by atoms with Crippen LogP contribution in [0.2, 0.25) is 0 Å². The number of nitrogens with one attached hydrogen (secondary N) is 2. The number of benzene rings is 2. The van der Waals surface area contributed by atoms with E-state index in [0.29, 0.717) is 44.0 Å². The molecule has 0 aromatic heterocycles. The molecule has 1 fully saturated rings. The lowest BCUT2D eigenvalue weighted by molar-refractivity contribution is 0.0458. The third-order valence-corrected chi connectivity index (χ3v) is 6.11. The van der Waals surface area contributed by atoms with Gasteiger partial charge in [0.1, 0.15) is 0 Å². The van der Waals surface area contributed by atoms with Crippen LogP contribution in [0.25, 0.3) is 0 Å². The quantitative estimate of drug-likeness (QED) is 0.326. The van der Waals surface area contributed by atoms with Crippen LogP contribution in [-0.2, 0) is 9.47 Å². The summed E-state index contributed by atoms with van der Waals surface area (Å²) in [7, 11) is 0. The van der Waals surface area contributed by atoms with Crippen molar-refractivity contribution >= 4 is 11.7 Å². The highest BCUT2D eigenvalue weighted by Crippen LogP contribution is 2.29. The van der Waals surface area contributed by atoms with Crippen LogP contribution in [0.15, 0.2) is 36.4 Å². The second-order valence-electron chi connectivity index (χ2n) is 8.81. The highest BCUT2D eigenvalue weighted by molar-refractivity contribution is 6.10. The molecule has 0 spiro atoms. The van der Waals surface area contributed by atoms with E-state index < -0.39 is 17.4 Å². The number of ketones is 1. The summed E-state index contributed by atoms with van der Waals surface area (Å²) in [5, 5.41) is 6.12.